The summed E-state index contributed by atoms with van der Waals surface area (Å²) < 4.78 is 9.82. The average molecular weight is 544 g/mol. The number of nitrogens with zero attached hydrogens (tertiary/aromatic N) is 1. The molecule has 2 aromatic rings. The number of amides is 2. The molecular formula is C28H41N5O6. The molecular weight excluding hydrogens is 502 g/mol. The molecule has 2 amide bonds. The molecule has 0 saturated carbocycles. The normalized spacial score (nSPS) is 12.4. The van der Waals surface area contributed by atoms with E-state index in [-0.39, 0.29) is 37.3 Å². The lowest BCUT2D eigenvalue weighted by Gasteiger charge is -2.17. The molecule has 5 N–H and O–H groups in total. The molecule has 0 saturated heterocycles. The van der Waals surface area contributed by atoms with Gasteiger partial charge in [-0.05, 0) is 58.4 Å². The van der Waals surface area contributed by atoms with Gasteiger partial charge >= 0.3 is 11.9 Å². The molecule has 11 heteroatoms. The summed E-state index contributed by atoms with van der Waals surface area (Å²) in [4.78, 5) is 56.7. The number of nitrogens with one attached hydrogen (secondary N) is 3. The van der Waals surface area contributed by atoms with Gasteiger partial charge in [0.05, 0.1) is 36.7 Å². The number of aliphatic imine (C=N–C) groups is 1. The van der Waals surface area contributed by atoms with Crippen molar-refractivity contribution < 1.29 is 28.7 Å². The smallest absolute Gasteiger partial charge is 0.328 e. The number of esters is 2. The fourth-order valence-electron chi connectivity index (χ4n) is 3.47. The summed E-state index contributed by atoms with van der Waals surface area (Å²) in [6, 6.07) is 6.42. The Bertz CT molecular complexity index is 1180. The van der Waals surface area contributed by atoms with Gasteiger partial charge in [0.25, 0.3) is 5.91 Å². The van der Waals surface area contributed by atoms with Gasteiger partial charge in [-0.25, -0.2) is 4.79 Å². The zero-order valence-electron chi connectivity index (χ0n) is 23.7. The third kappa shape index (κ3) is 11.4. The Hall–Kier alpha value is -4.15. The summed E-state index contributed by atoms with van der Waals surface area (Å²) in [7, 11) is 0. The van der Waals surface area contributed by atoms with Gasteiger partial charge in [0.2, 0.25) is 5.91 Å². The van der Waals surface area contributed by atoms with Crippen molar-refractivity contribution in [2.24, 2.45) is 10.7 Å². The third-order valence-corrected chi connectivity index (χ3v) is 5.08. The predicted octanol–water partition coefficient (Wildman–Crippen LogP) is 3.42. The Morgan fingerprint density at radius 3 is 2.31 bits per heavy atom. The first-order valence-electron chi connectivity index (χ1n) is 13.1. The van der Waals surface area contributed by atoms with Gasteiger partial charge in [-0.2, -0.15) is 0 Å². The molecule has 1 atom stereocenters. The highest BCUT2D eigenvalue weighted by Crippen LogP contribution is 2.21. The van der Waals surface area contributed by atoms with Crippen molar-refractivity contribution in [3.05, 3.63) is 41.7 Å². The van der Waals surface area contributed by atoms with Crippen LogP contribution in [0.25, 0.3) is 10.9 Å². The van der Waals surface area contributed by atoms with Crippen LogP contribution in [0.15, 0.2) is 46.7 Å². The van der Waals surface area contributed by atoms with E-state index in [1.807, 2.05) is 30.5 Å². The molecule has 214 valence electrons. The lowest BCUT2D eigenvalue weighted by molar-refractivity contribution is -0.148. The van der Waals surface area contributed by atoms with E-state index in [1.165, 1.54) is 6.42 Å². The Kier molecular flexibility index (Phi) is 14.6. The summed E-state index contributed by atoms with van der Waals surface area (Å²) in [6.45, 7) is 10.7. The number of nitrogens with two attached hydrogens (primary N) is 1. The first-order valence-corrected chi connectivity index (χ1v) is 13.1. The van der Waals surface area contributed by atoms with Crippen LogP contribution in [-0.2, 0) is 28.7 Å². The SMILES string of the molecule is CCC.CCOC(=O)CC[C@@H](NC(=O)CNC(=O)/C(C(C)=Nc1ccc2[nH]ccc2c1)=C(\C)N)C(=O)OCC. The Morgan fingerprint density at radius 1 is 1.03 bits per heavy atom. The number of hydrogen-bond acceptors (Lipinski definition) is 8. The molecule has 1 heterocycles. The number of rotatable bonds is 12. The Balaban J connectivity index is 0.00000242. The molecule has 39 heavy (non-hydrogen) atoms. The zero-order chi connectivity index (χ0) is 29.4. The quantitative estimate of drug-likeness (QED) is 0.181. The molecule has 0 fully saturated rings. The van der Waals surface area contributed by atoms with Gasteiger partial charge in [0.1, 0.15) is 6.04 Å². The summed E-state index contributed by atoms with van der Waals surface area (Å²) in [6.07, 6.45) is 3.00. The number of H-pyrrole nitrogens is 1. The molecule has 0 spiro atoms. The van der Waals surface area contributed by atoms with Crippen molar-refractivity contribution in [3.63, 3.8) is 0 Å². The van der Waals surface area contributed by atoms with Gasteiger partial charge in [-0.15, -0.1) is 0 Å². The average Bonchev–Trinajstić information content (AvgIpc) is 3.34. The highest BCUT2D eigenvalue weighted by atomic mass is 16.5. The molecule has 1 aromatic carbocycles. The molecule has 2 rings (SSSR count). The minimum atomic E-state index is -1.06. The van der Waals surface area contributed by atoms with E-state index in [4.69, 9.17) is 15.2 Å². The highest BCUT2D eigenvalue weighted by Gasteiger charge is 2.24. The second kappa shape index (κ2) is 17.4. The molecule has 0 bridgehead atoms. The number of carbonyl (C=O) groups is 4. The molecule has 0 radical (unpaired) electrons. The van der Waals surface area contributed by atoms with Crippen molar-refractivity contribution in [3.8, 4) is 0 Å². The minimum absolute atomic E-state index is 0.00165. The van der Waals surface area contributed by atoms with Crippen LogP contribution in [-0.4, -0.2) is 60.2 Å². The molecule has 0 aliphatic carbocycles. The molecule has 0 unspecified atom stereocenters. The van der Waals surface area contributed by atoms with Crippen LogP contribution in [0.5, 0.6) is 0 Å². The van der Waals surface area contributed by atoms with Crippen LogP contribution >= 0.6 is 0 Å². The van der Waals surface area contributed by atoms with E-state index in [1.54, 1.807) is 27.7 Å². The first-order chi connectivity index (χ1) is 18.6. The summed E-state index contributed by atoms with van der Waals surface area (Å²) in [5, 5.41) is 5.96. The summed E-state index contributed by atoms with van der Waals surface area (Å²) in [5.41, 5.74) is 8.30. The van der Waals surface area contributed by atoms with Crippen molar-refractivity contribution >= 4 is 46.1 Å². The van der Waals surface area contributed by atoms with Crippen LogP contribution in [0.4, 0.5) is 5.69 Å². The third-order valence-electron chi connectivity index (χ3n) is 5.08. The Labute approximate surface area is 229 Å². The van der Waals surface area contributed by atoms with E-state index in [9.17, 15) is 19.2 Å². The van der Waals surface area contributed by atoms with Crippen LogP contribution in [0.2, 0.25) is 0 Å². The van der Waals surface area contributed by atoms with E-state index in [0.29, 0.717) is 11.4 Å². The second-order valence-corrected chi connectivity index (χ2v) is 8.61. The fraction of sp³-hybridized carbons (Fsp3) is 0.464. The number of allylic oxidation sites excluding steroid dienone is 1. The largest absolute Gasteiger partial charge is 0.466 e. The van der Waals surface area contributed by atoms with Crippen LogP contribution in [0.3, 0.4) is 0 Å². The maximum atomic E-state index is 12.8. The highest BCUT2D eigenvalue weighted by molar-refractivity contribution is 6.22. The van der Waals surface area contributed by atoms with Gasteiger partial charge in [-0.1, -0.05) is 20.3 Å². The number of ether oxygens (including phenoxy) is 2. The number of benzene rings is 1. The van der Waals surface area contributed by atoms with Crippen molar-refractivity contribution in [2.75, 3.05) is 19.8 Å². The van der Waals surface area contributed by atoms with Crippen LogP contribution in [0, 0.1) is 0 Å². The van der Waals surface area contributed by atoms with Crippen LogP contribution in [0.1, 0.15) is 60.8 Å². The molecule has 1 aromatic heterocycles. The first kappa shape index (κ1) is 32.9. The fourth-order valence-corrected chi connectivity index (χ4v) is 3.47. The molecule has 0 aliphatic rings. The lowest BCUT2D eigenvalue weighted by Crippen LogP contribution is -2.47. The van der Waals surface area contributed by atoms with Crippen LogP contribution < -0.4 is 16.4 Å². The monoisotopic (exact) mass is 543 g/mol. The maximum absolute atomic E-state index is 12.8. The topological polar surface area (TPSA) is 165 Å². The molecule has 0 aliphatic heterocycles. The van der Waals surface area contributed by atoms with E-state index < -0.39 is 36.3 Å². The number of hydrogen-bond donors (Lipinski definition) is 4. The van der Waals surface area contributed by atoms with Crippen molar-refractivity contribution in [1.29, 1.82) is 0 Å². The van der Waals surface area contributed by atoms with Gasteiger partial charge in [0, 0.05) is 29.2 Å². The van der Waals surface area contributed by atoms with Gasteiger partial charge in [-0.3, -0.25) is 19.4 Å². The zero-order valence-corrected chi connectivity index (χ0v) is 23.7. The Morgan fingerprint density at radius 2 is 1.69 bits per heavy atom. The van der Waals surface area contributed by atoms with E-state index in [2.05, 4.69) is 34.5 Å². The van der Waals surface area contributed by atoms with Gasteiger partial charge < -0.3 is 30.8 Å². The maximum Gasteiger partial charge on any atom is 0.328 e. The van der Waals surface area contributed by atoms with Crippen molar-refractivity contribution in [1.82, 2.24) is 15.6 Å². The number of aromatic nitrogens is 1. The molecule has 11 nitrogen and oxygen atoms in total. The second-order valence-electron chi connectivity index (χ2n) is 8.61. The van der Waals surface area contributed by atoms with E-state index >= 15 is 0 Å². The summed E-state index contributed by atoms with van der Waals surface area (Å²) in [5.74, 6) is -2.39. The lowest BCUT2D eigenvalue weighted by atomic mass is 10.1. The number of fused-ring (bicyclic) bond motifs is 1. The standard InChI is InChI=1S/C25H33N5O6.C3H8/c1-5-35-22(32)10-9-20(25(34)36-6-2)30-21(31)14-28-24(33)23(15(3)26)16(4)29-18-7-8-19-17(13-18)11-12-27-19;1-3-2/h7-8,11-13,20,27H,5-6,9-10,14,26H2,1-4H3,(H,28,33)(H,30,31);3H2,1-2H3/b23-15+,29-16?;/t20-;/m1./s1. The van der Waals surface area contributed by atoms with E-state index in [0.717, 1.165) is 10.9 Å². The predicted molar refractivity (Wildman–Crippen MR) is 151 cm³/mol. The van der Waals surface area contributed by atoms with Crippen molar-refractivity contribution in [2.45, 2.75) is 66.8 Å². The van der Waals surface area contributed by atoms with Gasteiger partial charge in [0.15, 0.2) is 0 Å². The number of aromatic amines is 1. The number of carbonyl (C=O) groups excluding carboxylic acids is 4. The summed E-state index contributed by atoms with van der Waals surface area (Å²) >= 11 is 0. The minimum Gasteiger partial charge on any atom is -0.466 e.